The van der Waals surface area contributed by atoms with Gasteiger partial charge in [-0.25, -0.2) is 4.79 Å². The Morgan fingerprint density at radius 1 is 1.65 bits per heavy atom. The third kappa shape index (κ3) is 1.61. The van der Waals surface area contributed by atoms with Gasteiger partial charge in [0, 0.05) is 0 Å². The highest BCUT2D eigenvalue weighted by atomic mass is 35.5. The van der Waals surface area contributed by atoms with E-state index in [0.717, 1.165) is 0 Å². The van der Waals surface area contributed by atoms with Gasteiger partial charge in [0.15, 0.2) is 5.54 Å². The Balaban J connectivity index is 2.55. The molecule has 0 radical (unpaired) electrons. The zero-order valence-electron chi connectivity index (χ0n) is 9.62. The number of carboxylic acids is 1. The van der Waals surface area contributed by atoms with Crippen LogP contribution in [0.3, 0.4) is 0 Å². The molecule has 0 saturated heterocycles. The van der Waals surface area contributed by atoms with E-state index < -0.39 is 11.5 Å². The molecule has 3 N–H and O–H groups in total. The number of hydrogen-bond acceptors (Lipinski definition) is 3. The number of aromatic nitrogens is 1. The smallest absolute Gasteiger partial charge is 0.331 e. The van der Waals surface area contributed by atoms with E-state index >= 15 is 0 Å². The summed E-state index contributed by atoms with van der Waals surface area (Å²) in [5.74, 6) is -0.389. The minimum absolute atomic E-state index is 0.0990. The Kier molecular flexibility index (Phi) is 2.66. The molecule has 0 fully saturated rings. The van der Waals surface area contributed by atoms with Crippen LogP contribution in [0.2, 0.25) is 5.02 Å². The predicted molar refractivity (Wildman–Crippen MR) is 64.1 cm³/mol. The number of halogens is 1. The summed E-state index contributed by atoms with van der Waals surface area (Å²) in [6, 6.07) is 3.30. The Morgan fingerprint density at radius 2 is 2.29 bits per heavy atom. The van der Waals surface area contributed by atoms with Crippen LogP contribution in [0.25, 0.3) is 0 Å². The van der Waals surface area contributed by atoms with Crippen molar-refractivity contribution < 1.29 is 9.90 Å². The van der Waals surface area contributed by atoms with Crippen LogP contribution < -0.4 is 10.8 Å². The Labute approximate surface area is 104 Å². The number of carbonyl (C=O) groups is 1. The van der Waals surface area contributed by atoms with Crippen LogP contribution in [0.5, 0.6) is 0 Å². The molecule has 0 spiro atoms. The molecule has 0 aromatic carbocycles. The van der Waals surface area contributed by atoms with Gasteiger partial charge in [0.25, 0.3) is 0 Å². The number of pyridine rings is 1. The second kappa shape index (κ2) is 3.77. The van der Waals surface area contributed by atoms with Gasteiger partial charge in [0.1, 0.15) is 11.3 Å². The predicted octanol–water partition coefficient (Wildman–Crippen LogP) is 1.53. The topological polar surface area (TPSA) is 78.1 Å². The van der Waals surface area contributed by atoms with Crippen molar-refractivity contribution in [1.29, 1.82) is 5.41 Å². The van der Waals surface area contributed by atoms with Crippen LogP contribution in [-0.2, 0) is 11.3 Å². The molecule has 1 atom stereocenters. The highest BCUT2D eigenvalue weighted by Crippen LogP contribution is 2.31. The molecule has 0 bridgehead atoms. The van der Waals surface area contributed by atoms with Crippen molar-refractivity contribution in [2.45, 2.75) is 25.9 Å². The first-order valence-electron chi connectivity index (χ1n) is 5.34. The van der Waals surface area contributed by atoms with E-state index in [4.69, 9.17) is 17.0 Å². The van der Waals surface area contributed by atoms with Gasteiger partial charge in [0.2, 0.25) is 0 Å². The van der Waals surface area contributed by atoms with Crippen molar-refractivity contribution in [1.82, 2.24) is 4.57 Å². The minimum atomic E-state index is -1.06. The molecule has 1 unspecified atom stereocenters. The van der Waals surface area contributed by atoms with E-state index in [2.05, 4.69) is 5.32 Å². The summed E-state index contributed by atoms with van der Waals surface area (Å²) in [6.07, 6.45) is 0. The van der Waals surface area contributed by atoms with E-state index in [1.54, 1.807) is 16.7 Å². The summed E-state index contributed by atoms with van der Waals surface area (Å²) in [6.45, 7) is 3.91. The minimum Gasteiger partial charge on any atom is -0.479 e. The average molecular weight is 256 g/mol. The summed E-state index contributed by atoms with van der Waals surface area (Å²) in [7, 11) is 0. The molecule has 0 aliphatic carbocycles. The van der Waals surface area contributed by atoms with E-state index in [1.807, 2.05) is 13.8 Å². The van der Waals surface area contributed by atoms with Crippen LogP contribution in [-0.4, -0.2) is 21.2 Å². The van der Waals surface area contributed by atoms with Crippen molar-refractivity contribution in [2.24, 2.45) is 5.92 Å². The zero-order chi connectivity index (χ0) is 12.8. The Morgan fingerprint density at radius 3 is 2.82 bits per heavy atom. The number of carboxylic acid groups (broad SMARTS) is 1. The monoisotopic (exact) mass is 255 g/mol. The largest absolute Gasteiger partial charge is 0.479 e. The van der Waals surface area contributed by atoms with Crippen molar-refractivity contribution in [3.8, 4) is 0 Å². The molecular weight excluding hydrogens is 242 g/mol. The molecule has 1 aromatic rings. The average Bonchev–Trinajstić information content (AvgIpc) is 2.65. The SMILES string of the molecule is CC(C)C1(C(=O)O)Cn2c(ccc(Cl)c2=N)N1. The van der Waals surface area contributed by atoms with E-state index in [-0.39, 0.29) is 18.0 Å². The fraction of sp³-hybridized carbons (Fsp3) is 0.455. The molecule has 1 aliphatic heterocycles. The Hall–Kier alpha value is -1.49. The van der Waals surface area contributed by atoms with Gasteiger partial charge in [-0.1, -0.05) is 25.4 Å². The van der Waals surface area contributed by atoms with E-state index in [1.165, 1.54) is 0 Å². The molecule has 1 aromatic heterocycles. The molecule has 6 heteroatoms. The lowest BCUT2D eigenvalue weighted by molar-refractivity contribution is -0.144. The van der Waals surface area contributed by atoms with Crippen molar-refractivity contribution in [3.63, 3.8) is 0 Å². The van der Waals surface area contributed by atoms with Crippen LogP contribution in [0.15, 0.2) is 12.1 Å². The molecular formula is C11H14ClN3O2. The van der Waals surface area contributed by atoms with Gasteiger partial charge < -0.3 is 15.0 Å². The molecule has 92 valence electrons. The fourth-order valence-electron chi connectivity index (χ4n) is 2.06. The van der Waals surface area contributed by atoms with E-state index in [0.29, 0.717) is 10.8 Å². The maximum absolute atomic E-state index is 11.5. The number of fused-ring (bicyclic) bond motifs is 1. The third-order valence-electron chi connectivity index (χ3n) is 3.30. The second-order valence-corrected chi connectivity index (χ2v) is 4.96. The summed E-state index contributed by atoms with van der Waals surface area (Å²) >= 11 is 5.86. The lowest BCUT2D eigenvalue weighted by Gasteiger charge is -2.28. The van der Waals surface area contributed by atoms with Gasteiger partial charge in [-0.05, 0) is 18.1 Å². The van der Waals surface area contributed by atoms with Crippen LogP contribution >= 0.6 is 11.6 Å². The van der Waals surface area contributed by atoms with E-state index in [9.17, 15) is 9.90 Å². The molecule has 17 heavy (non-hydrogen) atoms. The van der Waals surface area contributed by atoms with Crippen LogP contribution in [0, 0.1) is 11.3 Å². The number of anilines is 1. The van der Waals surface area contributed by atoms with Gasteiger partial charge in [-0.2, -0.15) is 0 Å². The maximum atomic E-state index is 11.5. The normalized spacial score (nSPS) is 22.4. The number of nitrogens with zero attached hydrogens (tertiary/aromatic N) is 1. The number of rotatable bonds is 2. The van der Waals surface area contributed by atoms with Gasteiger partial charge >= 0.3 is 5.97 Å². The molecule has 0 saturated carbocycles. The first-order valence-corrected chi connectivity index (χ1v) is 5.72. The van der Waals surface area contributed by atoms with Gasteiger partial charge in [-0.15, -0.1) is 0 Å². The molecule has 2 rings (SSSR count). The molecule has 1 aliphatic rings. The summed E-state index contributed by atoms with van der Waals surface area (Å²) in [5.41, 5.74) is -0.923. The summed E-state index contributed by atoms with van der Waals surface area (Å²) < 4.78 is 1.59. The van der Waals surface area contributed by atoms with Crippen LogP contribution in [0.4, 0.5) is 5.82 Å². The highest BCUT2D eigenvalue weighted by Gasteiger charge is 2.46. The van der Waals surface area contributed by atoms with Crippen molar-refractivity contribution in [3.05, 3.63) is 22.6 Å². The van der Waals surface area contributed by atoms with Crippen molar-refractivity contribution >= 4 is 23.4 Å². The first kappa shape index (κ1) is 12.0. The number of aliphatic carboxylic acids is 1. The standard InChI is InChI=1S/C11H14ClN3O2/c1-6(2)11(10(16)17)5-15-8(14-11)4-3-7(12)9(15)13/h3-4,6,13-14H,5H2,1-2H3,(H,16,17). The maximum Gasteiger partial charge on any atom is 0.331 e. The second-order valence-electron chi connectivity index (χ2n) is 4.56. The molecule has 2 heterocycles. The first-order chi connectivity index (χ1) is 7.88. The van der Waals surface area contributed by atoms with Gasteiger partial charge in [0.05, 0.1) is 11.6 Å². The molecule has 0 amide bonds. The summed E-state index contributed by atoms with van der Waals surface area (Å²) in [4.78, 5) is 11.5. The number of nitrogens with one attached hydrogen (secondary N) is 2. The quantitative estimate of drug-likeness (QED) is 0.750. The fourth-order valence-corrected chi connectivity index (χ4v) is 2.22. The zero-order valence-corrected chi connectivity index (χ0v) is 10.4. The third-order valence-corrected chi connectivity index (χ3v) is 3.61. The highest BCUT2D eigenvalue weighted by molar-refractivity contribution is 6.30. The Bertz CT molecular complexity index is 538. The van der Waals surface area contributed by atoms with Gasteiger partial charge in [-0.3, -0.25) is 5.41 Å². The lowest BCUT2D eigenvalue weighted by Crippen LogP contribution is -2.50. The lowest BCUT2D eigenvalue weighted by atomic mass is 9.87. The van der Waals surface area contributed by atoms with Crippen molar-refractivity contribution in [2.75, 3.05) is 5.32 Å². The number of hydrogen-bond donors (Lipinski definition) is 3. The summed E-state index contributed by atoms with van der Waals surface area (Å²) in [5, 5.41) is 20.5. The van der Waals surface area contributed by atoms with Crippen LogP contribution in [0.1, 0.15) is 13.8 Å². The molecule has 5 nitrogen and oxygen atoms in total.